The largest absolute Gasteiger partial charge is 0.376 e. The van der Waals surface area contributed by atoms with Crippen molar-refractivity contribution >= 4 is 28.7 Å². The Labute approximate surface area is 124 Å². The number of fused-ring (bicyclic) bond motifs is 1. The highest BCUT2D eigenvalue weighted by Crippen LogP contribution is 2.13. The maximum absolute atomic E-state index is 11.7. The molecule has 0 radical (unpaired) electrons. The van der Waals surface area contributed by atoms with E-state index in [0.717, 1.165) is 19.4 Å². The molecule has 112 valence electrons. The summed E-state index contributed by atoms with van der Waals surface area (Å²) in [5, 5.41) is 10.0. The molecule has 9 heteroatoms. The van der Waals surface area contributed by atoms with Gasteiger partial charge in [0.05, 0.1) is 18.1 Å². The van der Waals surface area contributed by atoms with Crippen molar-refractivity contribution in [1.29, 1.82) is 0 Å². The summed E-state index contributed by atoms with van der Waals surface area (Å²) in [7, 11) is 0. The normalized spacial score (nSPS) is 18.2. The van der Waals surface area contributed by atoms with Crippen molar-refractivity contribution in [3.8, 4) is 0 Å². The van der Waals surface area contributed by atoms with Gasteiger partial charge in [0.25, 0.3) is 5.56 Å². The van der Waals surface area contributed by atoms with Crippen LogP contribution in [-0.2, 0) is 9.53 Å². The van der Waals surface area contributed by atoms with E-state index in [1.165, 1.54) is 18.0 Å². The van der Waals surface area contributed by atoms with Crippen molar-refractivity contribution in [2.24, 2.45) is 0 Å². The summed E-state index contributed by atoms with van der Waals surface area (Å²) in [6.07, 6.45) is 3.58. The van der Waals surface area contributed by atoms with Crippen LogP contribution in [0.15, 0.2) is 16.1 Å². The van der Waals surface area contributed by atoms with E-state index in [4.69, 9.17) is 4.74 Å². The van der Waals surface area contributed by atoms with E-state index in [-0.39, 0.29) is 23.3 Å². The molecule has 8 nitrogen and oxygen atoms in total. The average molecular weight is 309 g/mol. The van der Waals surface area contributed by atoms with Crippen molar-refractivity contribution in [1.82, 2.24) is 25.5 Å². The monoisotopic (exact) mass is 309 g/mol. The number of thioether (sulfide) groups is 1. The Balaban J connectivity index is 1.53. The van der Waals surface area contributed by atoms with Gasteiger partial charge < -0.3 is 15.0 Å². The summed E-state index contributed by atoms with van der Waals surface area (Å²) in [6.45, 7) is 1.30. The molecule has 2 aromatic rings. The number of hydrogen-bond acceptors (Lipinski definition) is 6. The molecule has 2 aromatic heterocycles. The minimum Gasteiger partial charge on any atom is -0.376 e. The lowest BCUT2D eigenvalue weighted by Gasteiger charge is -2.10. The fourth-order valence-corrected chi connectivity index (χ4v) is 2.80. The SMILES string of the molecule is O=C(CSc1nc2[nH]ncc2c(=O)[nH]1)NC[C@@H]1CCCO1. The summed E-state index contributed by atoms with van der Waals surface area (Å²) in [4.78, 5) is 30.3. The molecule has 3 rings (SSSR count). The minimum atomic E-state index is -0.268. The van der Waals surface area contributed by atoms with Gasteiger partial charge in [-0.2, -0.15) is 5.10 Å². The molecular weight excluding hydrogens is 294 g/mol. The lowest BCUT2D eigenvalue weighted by molar-refractivity contribution is -0.119. The standard InChI is InChI=1S/C12H15N5O3S/c18-9(13-4-7-2-1-3-20-7)6-21-12-15-10-8(5-14-17-10)11(19)16-12/h5,7H,1-4,6H2,(H,13,18)(H2,14,15,16,17,19)/t7-/m0/s1. The number of carbonyl (C=O) groups is 1. The van der Waals surface area contributed by atoms with Crippen molar-refractivity contribution in [2.45, 2.75) is 24.1 Å². The van der Waals surface area contributed by atoms with Crippen LogP contribution in [0, 0.1) is 0 Å². The van der Waals surface area contributed by atoms with E-state index < -0.39 is 0 Å². The maximum Gasteiger partial charge on any atom is 0.262 e. The van der Waals surface area contributed by atoms with E-state index in [9.17, 15) is 9.59 Å². The van der Waals surface area contributed by atoms with Crippen LogP contribution >= 0.6 is 11.8 Å². The number of carbonyl (C=O) groups excluding carboxylic acids is 1. The Morgan fingerprint density at radius 2 is 2.48 bits per heavy atom. The van der Waals surface area contributed by atoms with Crippen LogP contribution in [0.2, 0.25) is 0 Å². The van der Waals surface area contributed by atoms with Crippen LogP contribution in [0.5, 0.6) is 0 Å². The number of H-pyrrole nitrogens is 2. The smallest absolute Gasteiger partial charge is 0.262 e. The zero-order chi connectivity index (χ0) is 14.7. The van der Waals surface area contributed by atoms with Gasteiger partial charge in [0.2, 0.25) is 5.91 Å². The summed E-state index contributed by atoms with van der Waals surface area (Å²) in [5.41, 5.74) is 0.150. The molecule has 0 saturated carbocycles. The van der Waals surface area contributed by atoms with Crippen LogP contribution < -0.4 is 10.9 Å². The van der Waals surface area contributed by atoms with Crippen molar-refractivity contribution in [3.05, 3.63) is 16.6 Å². The molecular formula is C12H15N5O3S. The van der Waals surface area contributed by atoms with Crippen LogP contribution in [0.3, 0.4) is 0 Å². The first kappa shape index (κ1) is 14.1. The number of aromatic nitrogens is 4. The Hall–Kier alpha value is -1.87. The number of aromatic amines is 2. The van der Waals surface area contributed by atoms with E-state index >= 15 is 0 Å². The zero-order valence-corrected chi connectivity index (χ0v) is 12.0. The first-order chi connectivity index (χ1) is 10.2. The second kappa shape index (κ2) is 6.27. The van der Waals surface area contributed by atoms with Gasteiger partial charge in [0.15, 0.2) is 10.8 Å². The predicted molar refractivity (Wildman–Crippen MR) is 77.2 cm³/mol. The highest BCUT2D eigenvalue weighted by atomic mass is 32.2. The third-order valence-corrected chi connectivity index (χ3v) is 4.06. The fraction of sp³-hybridized carbons (Fsp3) is 0.500. The number of rotatable bonds is 5. The Morgan fingerprint density at radius 3 is 3.29 bits per heavy atom. The summed E-state index contributed by atoms with van der Waals surface area (Å²) in [5.74, 6) is 0.0813. The Morgan fingerprint density at radius 1 is 1.57 bits per heavy atom. The first-order valence-corrected chi connectivity index (χ1v) is 7.65. The number of amides is 1. The van der Waals surface area contributed by atoms with E-state index in [1.807, 2.05) is 0 Å². The molecule has 3 N–H and O–H groups in total. The molecule has 0 unspecified atom stereocenters. The Bertz CT molecular complexity index is 692. The number of hydrogen-bond donors (Lipinski definition) is 3. The van der Waals surface area contributed by atoms with E-state index in [1.54, 1.807) is 0 Å². The molecule has 0 spiro atoms. The van der Waals surface area contributed by atoms with Gasteiger partial charge >= 0.3 is 0 Å². The number of nitrogens with zero attached hydrogens (tertiary/aromatic N) is 2. The molecule has 1 amide bonds. The summed E-state index contributed by atoms with van der Waals surface area (Å²) in [6, 6.07) is 0. The molecule has 0 aromatic carbocycles. The van der Waals surface area contributed by atoms with Gasteiger partial charge in [0.1, 0.15) is 5.39 Å². The van der Waals surface area contributed by atoms with Crippen molar-refractivity contribution < 1.29 is 9.53 Å². The topological polar surface area (TPSA) is 113 Å². The van der Waals surface area contributed by atoms with Gasteiger partial charge in [0, 0.05) is 13.2 Å². The quantitative estimate of drug-likeness (QED) is 0.531. The van der Waals surface area contributed by atoms with E-state index in [0.29, 0.717) is 22.7 Å². The molecule has 0 bridgehead atoms. The third kappa shape index (κ3) is 3.42. The van der Waals surface area contributed by atoms with Crippen molar-refractivity contribution in [3.63, 3.8) is 0 Å². The van der Waals surface area contributed by atoms with Crippen LogP contribution in [0.25, 0.3) is 11.0 Å². The van der Waals surface area contributed by atoms with Crippen LogP contribution in [-0.4, -0.2) is 51.1 Å². The molecule has 3 heterocycles. The molecule has 1 atom stereocenters. The summed E-state index contributed by atoms with van der Waals surface area (Å²) >= 11 is 1.18. The van der Waals surface area contributed by atoms with Gasteiger partial charge in [-0.25, -0.2) is 4.98 Å². The number of nitrogens with one attached hydrogen (secondary N) is 3. The first-order valence-electron chi connectivity index (χ1n) is 6.67. The lowest BCUT2D eigenvalue weighted by atomic mass is 10.2. The minimum absolute atomic E-state index is 0.108. The van der Waals surface area contributed by atoms with Gasteiger partial charge in [-0.15, -0.1) is 0 Å². The summed E-state index contributed by atoms with van der Waals surface area (Å²) < 4.78 is 5.43. The van der Waals surface area contributed by atoms with Gasteiger partial charge in [-0.3, -0.25) is 14.7 Å². The second-order valence-electron chi connectivity index (χ2n) is 4.73. The zero-order valence-electron chi connectivity index (χ0n) is 11.2. The highest BCUT2D eigenvalue weighted by Gasteiger charge is 2.16. The molecule has 21 heavy (non-hydrogen) atoms. The molecule has 1 aliphatic heterocycles. The van der Waals surface area contributed by atoms with Crippen LogP contribution in [0.1, 0.15) is 12.8 Å². The highest BCUT2D eigenvalue weighted by molar-refractivity contribution is 7.99. The van der Waals surface area contributed by atoms with Gasteiger partial charge in [-0.05, 0) is 12.8 Å². The Kier molecular flexibility index (Phi) is 4.20. The predicted octanol–water partition coefficient (Wildman–Crippen LogP) is 0.0335. The van der Waals surface area contributed by atoms with Gasteiger partial charge in [-0.1, -0.05) is 11.8 Å². The lowest BCUT2D eigenvalue weighted by Crippen LogP contribution is -2.33. The maximum atomic E-state index is 11.7. The fourth-order valence-electron chi connectivity index (χ4n) is 2.11. The average Bonchev–Trinajstić information content (AvgIpc) is 3.14. The molecule has 1 aliphatic rings. The molecule has 1 saturated heterocycles. The molecule has 1 fully saturated rings. The van der Waals surface area contributed by atoms with Crippen molar-refractivity contribution in [2.75, 3.05) is 18.9 Å². The molecule has 0 aliphatic carbocycles. The third-order valence-electron chi connectivity index (χ3n) is 3.19. The van der Waals surface area contributed by atoms with Crippen LogP contribution in [0.4, 0.5) is 0 Å². The number of ether oxygens (including phenoxy) is 1. The second-order valence-corrected chi connectivity index (χ2v) is 5.70. The van der Waals surface area contributed by atoms with E-state index in [2.05, 4.69) is 25.5 Å².